The molecule has 0 radical (unpaired) electrons. The van der Waals surface area contributed by atoms with Gasteiger partial charge < -0.3 is 0 Å². The van der Waals surface area contributed by atoms with E-state index in [9.17, 15) is 4.79 Å². The lowest BCUT2D eigenvalue weighted by atomic mass is 10.2. The fraction of sp³-hybridized carbons (Fsp3) is 0.0714. The second-order valence-electron chi connectivity index (χ2n) is 3.67. The van der Waals surface area contributed by atoms with E-state index < -0.39 is 0 Å². The van der Waals surface area contributed by atoms with Crippen molar-refractivity contribution in [2.24, 2.45) is 0 Å². The highest BCUT2D eigenvalue weighted by molar-refractivity contribution is 14.1. The minimum atomic E-state index is 0.0115. The maximum atomic E-state index is 11.8. The molecule has 0 saturated carbocycles. The lowest BCUT2D eigenvalue weighted by molar-refractivity contribution is -0.115. The second-order valence-corrected chi connectivity index (χ2v) is 4.91. The highest BCUT2D eigenvalue weighted by Crippen LogP contribution is 2.25. The molecule has 17 heavy (non-hydrogen) atoms. The van der Waals surface area contributed by atoms with Gasteiger partial charge in [0.2, 0.25) is 5.91 Å². The number of rotatable bonds is 2. The van der Waals surface area contributed by atoms with E-state index in [0.717, 1.165) is 14.9 Å². The summed E-state index contributed by atoms with van der Waals surface area (Å²) in [4.78, 5) is 13.5. The van der Waals surface area contributed by atoms with Crippen LogP contribution >= 0.6 is 22.6 Å². The molecule has 0 unspecified atom stereocenters. The Bertz CT molecular complexity index is 508. The van der Waals surface area contributed by atoms with Crippen molar-refractivity contribution in [2.45, 2.75) is 6.92 Å². The Balaban J connectivity index is 2.43. The van der Waals surface area contributed by atoms with Crippen LogP contribution in [0.25, 0.3) is 0 Å². The molecule has 86 valence electrons. The number of benzene rings is 2. The molecule has 0 aliphatic carbocycles. The summed E-state index contributed by atoms with van der Waals surface area (Å²) in [5.74, 6) is 0.0115. The van der Waals surface area contributed by atoms with Gasteiger partial charge in [-0.15, -0.1) is 0 Å². The van der Waals surface area contributed by atoms with E-state index >= 15 is 0 Å². The molecule has 2 nitrogen and oxygen atoms in total. The molecule has 3 heteroatoms. The van der Waals surface area contributed by atoms with Gasteiger partial charge in [-0.05, 0) is 59.0 Å². The first kappa shape index (κ1) is 12.1. The molecule has 0 atom stereocenters. The molecule has 2 aromatic rings. The molecule has 0 bridgehead atoms. The molecule has 2 rings (SSSR count). The molecule has 0 heterocycles. The normalized spacial score (nSPS) is 10.0. The Morgan fingerprint density at radius 1 is 0.941 bits per heavy atom. The lowest BCUT2D eigenvalue weighted by Gasteiger charge is -2.21. The number of nitrogens with zero attached hydrogens (tertiary/aromatic N) is 1. The zero-order valence-electron chi connectivity index (χ0n) is 9.43. The van der Waals surface area contributed by atoms with Crippen molar-refractivity contribution in [3.63, 3.8) is 0 Å². The first-order valence-electron chi connectivity index (χ1n) is 5.30. The van der Waals surface area contributed by atoms with Gasteiger partial charge in [-0.2, -0.15) is 0 Å². The summed E-state index contributed by atoms with van der Waals surface area (Å²) in [5.41, 5.74) is 1.78. The average molecular weight is 337 g/mol. The second kappa shape index (κ2) is 5.31. The summed E-state index contributed by atoms with van der Waals surface area (Å²) in [6.07, 6.45) is 0. The Kier molecular flexibility index (Phi) is 3.78. The third kappa shape index (κ3) is 2.85. The van der Waals surface area contributed by atoms with Crippen LogP contribution in [0.5, 0.6) is 0 Å². The zero-order valence-corrected chi connectivity index (χ0v) is 11.6. The Hall–Kier alpha value is -1.36. The van der Waals surface area contributed by atoms with Crippen LogP contribution in [0.3, 0.4) is 0 Å². The fourth-order valence-corrected chi connectivity index (χ4v) is 2.04. The van der Waals surface area contributed by atoms with Gasteiger partial charge in [-0.1, -0.05) is 18.2 Å². The van der Waals surface area contributed by atoms with Gasteiger partial charge in [-0.25, -0.2) is 0 Å². The van der Waals surface area contributed by atoms with E-state index in [-0.39, 0.29) is 5.91 Å². The quantitative estimate of drug-likeness (QED) is 0.759. The van der Waals surface area contributed by atoms with Gasteiger partial charge >= 0.3 is 0 Å². The van der Waals surface area contributed by atoms with E-state index in [4.69, 9.17) is 0 Å². The first-order valence-corrected chi connectivity index (χ1v) is 6.37. The van der Waals surface area contributed by atoms with Crippen LogP contribution in [0, 0.1) is 3.57 Å². The SMILES string of the molecule is CC(=O)N(c1ccccc1)c1ccc(I)cc1. The standard InChI is InChI=1S/C14H12INO/c1-11(17)16(13-5-3-2-4-6-13)14-9-7-12(15)8-10-14/h2-10H,1H3. The van der Waals surface area contributed by atoms with Crippen molar-refractivity contribution in [2.75, 3.05) is 4.90 Å². The first-order chi connectivity index (χ1) is 8.18. The molecule has 2 aromatic carbocycles. The van der Waals surface area contributed by atoms with E-state index in [2.05, 4.69) is 22.6 Å². The third-order valence-electron chi connectivity index (χ3n) is 2.41. The number of amides is 1. The molecular weight excluding hydrogens is 325 g/mol. The number of hydrogen-bond acceptors (Lipinski definition) is 1. The predicted octanol–water partition coefficient (Wildman–Crippen LogP) is 3.98. The van der Waals surface area contributed by atoms with Crippen molar-refractivity contribution in [3.05, 3.63) is 58.2 Å². The molecule has 0 aliphatic heterocycles. The van der Waals surface area contributed by atoms with E-state index in [1.54, 1.807) is 11.8 Å². The Morgan fingerprint density at radius 3 is 2.00 bits per heavy atom. The summed E-state index contributed by atoms with van der Waals surface area (Å²) in [5, 5.41) is 0. The van der Waals surface area contributed by atoms with Crippen molar-refractivity contribution in [3.8, 4) is 0 Å². The summed E-state index contributed by atoms with van der Waals surface area (Å²) in [6, 6.07) is 17.6. The summed E-state index contributed by atoms with van der Waals surface area (Å²) >= 11 is 2.25. The van der Waals surface area contributed by atoms with E-state index in [0.29, 0.717) is 0 Å². The van der Waals surface area contributed by atoms with Crippen molar-refractivity contribution in [1.82, 2.24) is 0 Å². The number of para-hydroxylation sites is 1. The van der Waals surface area contributed by atoms with Crippen LogP contribution in [0.4, 0.5) is 11.4 Å². The number of halogens is 1. The van der Waals surface area contributed by atoms with Crippen molar-refractivity contribution >= 4 is 39.9 Å². The highest BCUT2D eigenvalue weighted by atomic mass is 127. The number of carbonyl (C=O) groups excluding carboxylic acids is 1. The predicted molar refractivity (Wildman–Crippen MR) is 78.4 cm³/mol. The van der Waals surface area contributed by atoms with Crippen molar-refractivity contribution in [1.29, 1.82) is 0 Å². The summed E-state index contributed by atoms with van der Waals surface area (Å²) in [7, 11) is 0. The maximum absolute atomic E-state index is 11.8. The van der Waals surface area contributed by atoms with Gasteiger partial charge in [0.25, 0.3) is 0 Å². The van der Waals surface area contributed by atoms with Gasteiger partial charge in [0.15, 0.2) is 0 Å². The fourth-order valence-electron chi connectivity index (χ4n) is 1.68. The van der Waals surface area contributed by atoms with Gasteiger partial charge in [0.1, 0.15) is 0 Å². The number of carbonyl (C=O) groups is 1. The average Bonchev–Trinajstić information content (AvgIpc) is 2.33. The Labute approximate surface area is 114 Å². The van der Waals surface area contributed by atoms with E-state index in [1.165, 1.54) is 0 Å². The third-order valence-corrected chi connectivity index (χ3v) is 3.13. The molecule has 0 fully saturated rings. The minimum Gasteiger partial charge on any atom is -0.281 e. The highest BCUT2D eigenvalue weighted by Gasteiger charge is 2.12. The van der Waals surface area contributed by atoms with Gasteiger partial charge in [-0.3, -0.25) is 9.69 Å². The van der Waals surface area contributed by atoms with Crippen LogP contribution < -0.4 is 4.90 Å². The summed E-state index contributed by atoms with van der Waals surface area (Å²) < 4.78 is 1.16. The van der Waals surface area contributed by atoms with Crippen molar-refractivity contribution < 1.29 is 4.79 Å². The topological polar surface area (TPSA) is 20.3 Å². The monoisotopic (exact) mass is 337 g/mol. The zero-order chi connectivity index (χ0) is 12.3. The van der Waals surface area contributed by atoms with Gasteiger partial charge in [0.05, 0.1) is 0 Å². The van der Waals surface area contributed by atoms with Gasteiger partial charge in [0, 0.05) is 21.9 Å². The van der Waals surface area contributed by atoms with E-state index in [1.807, 2.05) is 54.6 Å². The molecular formula is C14H12INO. The minimum absolute atomic E-state index is 0.0115. The largest absolute Gasteiger partial charge is 0.281 e. The van der Waals surface area contributed by atoms with Crippen LogP contribution in [-0.2, 0) is 4.79 Å². The summed E-state index contributed by atoms with van der Waals surface area (Å²) in [6.45, 7) is 1.57. The van der Waals surface area contributed by atoms with Crippen LogP contribution in [-0.4, -0.2) is 5.91 Å². The molecule has 0 saturated heterocycles. The number of anilines is 2. The van der Waals surface area contributed by atoms with Crippen LogP contribution in [0.1, 0.15) is 6.92 Å². The number of hydrogen-bond donors (Lipinski definition) is 0. The molecule has 0 spiro atoms. The molecule has 0 N–H and O–H groups in total. The smallest absolute Gasteiger partial charge is 0.228 e. The Morgan fingerprint density at radius 2 is 1.47 bits per heavy atom. The molecule has 1 amide bonds. The van der Waals surface area contributed by atoms with Crippen LogP contribution in [0.15, 0.2) is 54.6 Å². The maximum Gasteiger partial charge on any atom is 0.228 e. The lowest BCUT2D eigenvalue weighted by Crippen LogP contribution is -2.22. The molecule has 0 aromatic heterocycles. The molecule has 0 aliphatic rings. The van der Waals surface area contributed by atoms with Crippen LogP contribution in [0.2, 0.25) is 0 Å².